The Morgan fingerprint density at radius 1 is 1.17 bits per heavy atom. The third kappa shape index (κ3) is 3.69. The van der Waals surface area contributed by atoms with Crippen molar-refractivity contribution in [3.63, 3.8) is 0 Å². The Kier molecular flexibility index (Phi) is 5.03. The quantitative estimate of drug-likeness (QED) is 0.931. The number of rotatable bonds is 4. The number of carbonyl (C=O) groups excluding carboxylic acids is 1. The van der Waals surface area contributed by atoms with E-state index in [1.165, 1.54) is 12.8 Å². The zero-order chi connectivity index (χ0) is 17.1. The third-order valence-electron chi connectivity index (χ3n) is 5.16. The van der Waals surface area contributed by atoms with Crippen molar-refractivity contribution in [3.8, 4) is 5.69 Å². The van der Waals surface area contributed by atoms with Crippen molar-refractivity contribution >= 4 is 5.91 Å². The molecule has 1 fully saturated rings. The van der Waals surface area contributed by atoms with Crippen LogP contribution in [0.3, 0.4) is 0 Å². The molecule has 24 heavy (non-hydrogen) atoms. The van der Waals surface area contributed by atoms with E-state index in [1.54, 1.807) is 0 Å². The Morgan fingerprint density at radius 3 is 2.50 bits per heavy atom. The Hall–Kier alpha value is -2.10. The first kappa shape index (κ1) is 16.7. The van der Waals surface area contributed by atoms with E-state index in [0.29, 0.717) is 12.5 Å². The second-order valence-corrected chi connectivity index (χ2v) is 7.10. The summed E-state index contributed by atoms with van der Waals surface area (Å²) < 4.78 is 1.93. The summed E-state index contributed by atoms with van der Waals surface area (Å²) in [6, 6.07) is 10.4. The van der Waals surface area contributed by atoms with Gasteiger partial charge in [-0.3, -0.25) is 4.79 Å². The fraction of sp³-hybridized carbons (Fsp3) is 0.500. The molecule has 128 valence electrons. The van der Waals surface area contributed by atoms with Gasteiger partial charge in [0, 0.05) is 17.3 Å². The second kappa shape index (κ2) is 7.20. The van der Waals surface area contributed by atoms with Gasteiger partial charge in [0.1, 0.15) is 0 Å². The number of benzene rings is 1. The summed E-state index contributed by atoms with van der Waals surface area (Å²) in [6.45, 7) is 6.32. The van der Waals surface area contributed by atoms with Gasteiger partial charge in [-0.25, -0.2) is 4.68 Å². The molecular formula is C20H27N3O. The van der Waals surface area contributed by atoms with E-state index < -0.39 is 0 Å². The topological polar surface area (TPSA) is 46.9 Å². The molecule has 0 bridgehead atoms. The predicted octanol–water partition coefficient (Wildman–Crippen LogP) is 3.73. The lowest BCUT2D eigenvalue weighted by atomic mass is 9.87. The molecule has 1 aromatic carbocycles. The number of carbonyl (C=O) groups is 1. The van der Waals surface area contributed by atoms with Gasteiger partial charge in [0.25, 0.3) is 0 Å². The van der Waals surface area contributed by atoms with E-state index >= 15 is 0 Å². The molecule has 1 aromatic heterocycles. The van der Waals surface area contributed by atoms with Crippen LogP contribution in [0.25, 0.3) is 5.69 Å². The number of nitrogens with one attached hydrogen (secondary N) is 1. The van der Waals surface area contributed by atoms with Crippen LogP contribution in [0.5, 0.6) is 0 Å². The summed E-state index contributed by atoms with van der Waals surface area (Å²) in [4.78, 5) is 12.5. The molecule has 2 aromatic rings. The summed E-state index contributed by atoms with van der Waals surface area (Å²) >= 11 is 0. The Bertz CT molecular complexity index is 697. The largest absolute Gasteiger partial charge is 0.353 e. The van der Waals surface area contributed by atoms with Gasteiger partial charge >= 0.3 is 0 Å². The molecule has 0 spiro atoms. The summed E-state index contributed by atoms with van der Waals surface area (Å²) in [6.07, 6.45) is 5.06. The van der Waals surface area contributed by atoms with Crippen LogP contribution in [0.1, 0.15) is 49.6 Å². The van der Waals surface area contributed by atoms with E-state index in [2.05, 4.69) is 17.3 Å². The van der Waals surface area contributed by atoms with Gasteiger partial charge in [-0.15, -0.1) is 0 Å². The highest BCUT2D eigenvalue weighted by Crippen LogP contribution is 2.24. The molecule has 1 N–H and O–H groups in total. The van der Waals surface area contributed by atoms with Crippen LogP contribution in [0, 0.1) is 19.8 Å². The Balaban J connectivity index is 1.69. The van der Waals surface area contributed by atoms with Crippen molar-refractivity contribution in [2.45, 2.75) is 58.9 Å². The fourth-order valence-electron chi connectivity index (χ4n) is 3.60. The zero-order valence-electron chi connectivity index (χ0n) is 14.9. The summed E-state index contributed by atoms with van der Waals surface area (Å²) in [5, 5.41) is 7.84. The number of para-hydroxylation sites is 1. The highest BCUT2D eigenvalue weighted by atomic mass is 16.1. The molecule has 1 saturated carbocycles. The van der Waals surface area contributed by atoms with Gasteiger partial charge in [0.05, 0.1) is 17.8 Å². The lowest BCUT2D eigenvalue weighted by molar-refractivity contribution is -0.121. The average Bonchev–Trinajstić information content (AvgIpc) is 2.86. The smallest absolute Gasteiger partial charge is 0.224 e. The van der Waals surface area contributed by atoms with Crippen molar-refractivity contribution in [3.05, 3.63) is 47.3 Å². The van der Waals surface area contributed by atoms with E-state index in [4.69, 9.17) is 0 Å². The molecule has 4 heteroatoms. The van der Waals surface area contributed by atoms with Crippen molar-refractivity contribution in [1.82, 2.24) is 15.1 Å². The summed E-state index contributed by atoms with van der Waals surface area (Å²) in [5.74, 6) is 0.917. The maximum absolute atomic E-state index is 12.5. The van der Waals surface area contributed by atoms with Gasteiger partial charge in [-0.05, 0) is 57.6 Å². The maximum Gasteiger partial charge on any atom is 0.224 e. The fourth-order valence-corrected chi connectivity index (χ4v) is 3.60. The molecule has 1 amide bonds. The molecule has 4 nitrogen and oxygen atoms in total. The third-order valence-corrected chi connectivity index (χ3v) is 5.16. The number of nitrogens with zero attached hydrogens (tertiary/aromatic N) is 2. The number of amides is 1. The number of aromatic nitrogens is 2. The van der Waals surface area contributed by atoms with Gasteiger partial charge < -0.3 is 5.32 Å². The Labute approximate surface area is 144 Å². The molecule has 1 heterocycles. The normalized spacial score (nSPS) is 20.8. The predicted molar refractivity (Wildman–Crippen MR) is 96.3 cm³/mol. The van der Waals surface area contributed by atoms with Gasteiger partial charge in [0.15, 0.2) is 0 Å². The molecule has 0 aliphatic heterocycles. The number of aryl methyl sites for hydroxylation is 1. The van der Waals surface area contributed by atoms with Crippen molar-refractivity contribution in [2.24, 2.45) is 5.92 Å². The molecule has 1 aliphatic rings. The maximum atomic E-state index is 12.5. The molecule has 1 aliphatic carbocycles. The SMILES string of the molecule is Cc1nn(-c2ccccc2)c(C)c1CC(=O)NC1CCC(C)CC1. The molecule has 0 saturated heterocycles. The minimum absolute atomic E-state index is 0.119. The van der Waals surface area contributed by atoms with Crippen LogP contribution in [0.4, 0.5) is 0 Å². The first-order chi connectivity index (χ1) is 11.5. The average molecular weight is 325 g/mol. The molecular weight excluding hydrogens is 298 g/mol. The lowest BCUT2D eigenvalue weighted by Gasteiger charge is -2.26. The molecule has 3 rings (SSSR count). The van der Waals surface area contributed by atoms with E-state index in [1.807, 2.05) is 48.9 Å². The van der Waals surface area contributed by atoms with Crippen LogP contribution in [0.2, 0.25) is 0 Å². The van der Waals surface area contributed by atoms with Crippen LogP contribution in [-0.4, -0.2) is 21.7 Å². The molecule has 0 radical (unpaired) electrons. The lowest BCUT2D eigenvalue weighted by Crippen LogP contribution is -2.38. The number of hydrogen-bond donors (Lipinski definition) is 1. The first-order valence-corrected chi connectivity index (χ1v) is 8.94. The Morgan fingerprint density at radius 2 is 1.83 bits per heavy atom. The zero-order valence-corrected chi connectivity index (χ0v) is 14.9. The summed E-state index contributed by atoms with van der Waals surface area (Å²) in [7, 11) is 0. The number of hydrogen-bond acceptors (Lipinski definition) is 2. The first-order valence-electron chi connectivity index (χ1n) is 8.94. The van der Waals surface area contributed by atoms with Crippen LogP contribution >= 0.6 is 0 Å². The van der Waals surface area contributed by atoms with Crippen molar-refractivity contribution in [1.29, 1.82) is 0 Å². The highest BCUT2D eigenvalue weighted by molar-refractivity contribution is 5.79. The van der Waals surface area contributed by atoms with E-state index in [0.717, 1.165) is 41.4 Å². The summed E-state index contributed by atoms with van der Waals surface area (Å²) in [5.41, 5.74) is 4.06. The van der Waals surface area contributed by atoms with Crippen LogP contribution in [-0.2, 0) is 11.2 Å². The second-order valence-electron chi connectivity index (χ2n) is 7.10. The minimum Gasteiger partial charge on any atom is -0.353 e. The minimum atomic E-state index is 0.119. The van der Waals surface area contributed by atoms with E-state index in [9.17, 15) is 4.79 Å². The van der Waals surface area contributed by atoms with Crippen LogP contribution in [0.15, 0.2) is 30.3 Å². The van der Waals surface area contributed by atoms with E-state index in [-0.39, 0.29) is 5.91 Å². The monoisotopic (exact) mass is 325 g/mol. The van der Waals surface area contributed by atoms with Gasteiger partial charge in [-0.2, -0.15) is 5.10 Å². The van der Waals surface area contributed by atoms with Gasteiger partial charge in [-0.1, -0.05) is 25.1 Å². The van der Waals surface area contributed by atoms with Crippen molar-refractivity contribution in [2.75, 3.05) is 0 Å². The van der Waals surface area contributed by atoms with Crippen molar-refractivity contribution < 1.29 is 4.79 Å². The van der Waals surface area contributed by atoms with Gasteiger partial charge in [0.2, 0.25) is 5.91 Å². The molecule has 0 atom stereocenters. The highest BCUT2D eigenvalue weighted by Gasteiger charge is 2.21. The standard InChI is InChI=1S/C20H27N3O/c1-14-9-11-17(12-10-14)21-20(24)13-19-15(2)22-23(16(19)3)18-7-5-4-6-8-18/h4-8,14,17H,9-13H2,1-3H3,(H,21,24). The molecule has 0 unspecified atom stereocenters. The van der Waals surface area contributed by atoms with Crippen LogP contribution < -0.4 is 5.32 Å².